The normalized spacial score (nSPS) is 13.2. The zero-order valence-electron chi connectivity index (χ0n) is 14.4. The number of likely N-dealkylation sites (N-methyl/N-ethyl adjacent to an activating group) is 1. The Kier molecular flexibility index (Phi) is 5.18. The van der Waals surface area contributed by atoms with Gasteiger partial charge in [0.05, 0.1) is 25.5 Å². The average Bonchev–Trinajstić information content (AvgIpc) is 2.62. The highest BCUT2D eigenvalue weighted by atomic mass is 32.2. The zero-order chi connectivity index (χ0) is 17.9. The summed E-state index contributed by atoms with van der Waals surface area (Å²) in [6.45, 7) is 0.349. The molecule has 3 rings (SSSR count). The highest BCUT2D eigenvalue weighted by molar-refractivity contribution is 7.89. The van der Waals surface area contributed by atoms with E-state index in [2.05, 4.69) is 4.72 Å². The van der Waals surface area contributed by atoms with E-state index in [9.17, 15) is 8.42 Å². The summed E-state index contributed by atoms with van der Waals surface area (Å²) in [4.78, 5) is 1.47. The second-order valence-corrected chi connectivity index (χ2v) is 8.17. The summed E-state index contributed by atoms with van der Waals surface area (Å²) < 4.78 is 28.2. The Morgan fingerprint density at radius 2 is 1.52 bits per heavy atom. The Bertz CT molecular complexity index is 954. The first-order valence-corrected chi connectivity index (χ1v) is 9.79. The van der Waals surface area contributed by atoms with Gasteiger partial charge in [-0.3, -0.25) is 0 Å². The van der Waals surface area contributed by atoms with Gasteiger partial charge in [-0.2, -0.15) is 0 Å². The molecule has 1 unspecified atom stereocenters. The summed E-state index contributed by atoms with van der Waals surface area (Å²) in [6.07, 6.45) is 0. The number of rotatable bonds is 6. The van der Waals surface area contributed by atoms with E-state index < -0.39 is 10.0 Å². The van der Waals surface area contributed by atoms with Crippen molar-refractivity contribution in [1.29, 1.82) is 0 Å². The van der Waals surface area contributed by atoms with Crippen LogP contribution < -0.4 is 9.62 Å². The van der Waals surface area contributed by atoms with Crippen molar-refractivity contribution in [3.05, 3.63) is 78.4 Å². The highest BCUT2D eigenvalue weighted by Gasteiger charge is 2.22. The molecular formula is C20H23N2O2S+. The molecule has 0 saturated carbocycles. The summed E-state index contributed by atoms with van der Waals surface area (Å²) in [5.74, 6) is 0. The third-order valence-electron chi connectivity index (χ3n) is 4.41. The quantitative estimate of drug-likeness (QED) is 0.711. The van der Waals surface area contributed by atoms with Gasteiger partial charge in [-0.15, -0.1) is 0 Å². The zero-order valence-corrected chi connectivity index (χ0v) is 15.3. The number of sulfonamides is 1. The van der Waals surface area contributed by atoms with Gasteiger partial charge in [-0.25, -0.2) is 13.1 Å². The van der Waals surface area contributed by atoms with Crippen molar-refractivity contribution in [3.63, 3.8) is 0 Å². The molecule has 0 aromatic heterocycles. The van der Waals surface area contributed by atoms with Gasteiger partial charge in [0.1, 0.15) is 6.04 Å². The van der Waals surface area contributed by atoms with E-state index in [0.717, 1.165) is 16.3 Å². The number of fused-ring (bicyclic) bond motifs is 1. The van der Waals surface area contributed by atoms with E-state index in [1.165, 1.54) is 4.90 Å². The van der Waals surface area contributed by atoms with Crippen molar-refractivity contribution < 1.29 is 13.3 Å². The van der Waals surface area contributed by atoms with Crippen LogP contribution in [0.5, 0.6) is 0 Å². The maximum absolute atomic E-state index is 12.7. The van der Waals surface area contributed by atoms with Crippen molar-refractivity contribution in [1.82, 2.24) is 4.72 Å². The van der Waals surface area contributed by atoms with Crippen LogP contribution in [0.3, 0.4) is 0 Å². The molecule has 25 heavy (non-hydrogen) atoms. The summed E-state index contributed by atoms with van der Waals surface area (Å²) in [5, 5.41) is 1.95. The van der Waals surface area contributed by atoms with Crippen LogP contribution in [0.4, 0.5) is 0 Å². The lowest BCUT2D eigenvalue weighted by molar-refractivity contribution is -0.890. The summed E-state index contributed by atoms with van der Waals surface area (Å²) in [5.41, 5.74) is 1.11. The summed E-state index contributed by atoms with van der Waals surface area (Å²) in [7, 11) is 0.508. The van der Waals surface area contributed by atoms with E-state index in [1.54, 1.807) is 12.1 Å². The van der Waals surface area contributed by atoms with Crippen molar-refractivity contribution in [2.75, 3.05) is 20.6 Å². The van der Waals surface area contributed by atoms with Crippen molar-refractivity contribution in [2.24, 2.45) is 0 Å². The average molecular weight is 355 g/mol. The number of hydrogen-bond acceptors (Lipinski definition) is 2. The molecule has 5 heteroatoms. The van der Waals surface area contributed by atoms with Gasteiger partial charge in [0.25, 0.3) is 0 Å². The van der Waals surface area contributed by atoms with Gasteiger partial charge in [0.15, 0.2) is 0 Å². The largest absolute Gasteiger partial charge is 0.333 e. The number of quaternary nitrogens is 1. The predicted octanol–water partition coefficient (Wildman–Crippen LogP) is 2.00. The van der Waals surface area contributed by atoms with Crippen LogP contribution in [0.15, 0.2) is 77.7 Å². The maximum atomic E-state index is 12.7. The Morgan fingerprint density at radius 3 is 2.20 bits per heavy atom. The van der Waals surface area contributed by atoms with Gasteiger partial charge in [-0.1, -0.05) is 60.7 Å². The first-order chi connectivity index (χ1) is 12.0. The van der Waals surface area contributed by atoms with Crippen LogP contribution in [-0.2, 0) is 10.0 Å². The van der Waals surface area contributed by atoms with Gasteiger partial charge < -0.3 is 4.90 Å². The minimum absolute atomic E-state index is 0.0523. The van der Waals surface area contributed by atoms with E-state index in [0.29, 0.717) is 11.4 Å². The molecule has 130 valence electrons. The molecule has 3 aromatic carbocycles. The highest BCUT2D eigenvalue weighted by Crippen LogP contribution is 2.19. The molecule has 4 nitrogen and oxygen atoms in total. The Balaban J connectivity index is 1.82. The third-order valence-corrected chi connectivity index (χ3v) is 5.83. The van der Waals surface area contributed by atoms with E-state index in [-0.39, 0.29) is 6.04 Å². The minimum Gasteiger partial charge on any atom is -0.333 e. The first-order valence-electron chi connectivity index (χ1n) is 8.31. The number of hydrogen-bond donors (Lipinski definition) is 2. The lowest BCUT2D eigenvalue weighted by Crippen LogP contribution is -3.07. The first kappa shape index (κ1) is 17.6. The second-order valence-electron chi connectivity index (χ2n) is 6.40. The molecule has 0 radical (unpaired) electrons. The van der Waals surface area contributed by atoms with Gasteiger partial charge in [0, 0.05) is 5.56 Å². The summed E-state index contributed by atoms with van der Waals surface area (Å²) in [6, 6.07) is 23.0. The SMILES string of the molecule is C[NH+](C)C(CNS(=O)(=O)c1ccc2ccccc2c1)c1ccccc1. The van der Waals surface area contributed by atoms with Crippen molar-refractivity contribution >= 4 is 20.8 Å². The Hall–Kier alpha value is -2.21. The van der Waals surface area contributed by atoms with Crippen LogP contribution in [-0.4, -0.2) is 29.1 Å². The van der Waals surface area contributed by atoms with Crippen molar-refractivity contribution in [2.45, 2.75) is 10.9 Å². The van der Waals surface area contributed by atoms with Crippen LogP contribution in [0.1, 0.15) is 11.6 Å². The molecule has 0 heterocycles. The molecular weight excluding hydrogens is 332 g/mol. The molecule has 0 fully saturated rings. The third kappa shape index (κ3) is 4.07. The fourth-order valence-electron chi connectivity index (χ4n) is 2.95. The van der Waals surface area contributed by atoms with Gasteiger partial charge in [0.2, 0.25) is 10.0 Å². The van der Waals surface area contributed by atoms with Gasteiger partial charge >= 0.3 is 0 Å². The molecule has 0 amide bonds. The fraction of sp³-hybridized carbons (Fsp3) is 0.200. The van der Waals surface area contributed by atoms with Crippen LogP contribution in [0.2, 0.25) is 0 Å². The molecule has 0 spiro atoms. The molecule has 2 N–H and O–H groups in total. The fourth-order valence-corrected chi connectivity index (χ4v) is 4.03. The maximum Gasteiger partial charge on any atom is 0.240 e. The molecule has 3 aromatic rings. The van der Waals surface area contributed by atoms with E-state index >= 15 is 0 Å². The minimum atomic E-state index is -3.55. The predicted molar refractivity (Wildman–Crippen MR) is 101 cm³/mol. The van der Waals surface area contributed by atoms with E-state index in [4.69, 9.17) is 0 Å². The van der Waals surface area contributed by atoms with Gasteiger partial charge in [-0.05, 0) is 22.9 Å². The monoisotopic (exact) mass is 355 g/mol. The molecule has 0 bridgehead atoms. The molecule has 1 atom stereocenters. The van der Waals surface area contributed by atoms with Crippen molar-refractivity contribution in [3.8, 4) is 0 Å². The lowest BCUT2D eigenvalue weighted by Gasteiger charge is -2.22. The Labute approximate surface area is 149 Å². The molecule has 0 aliphatic carbocycles. The number of nitrogens with one attached hydrogen (secondary N) is 2. The van der Waals surface area contributed by atoms with Crippen LogP contribution in [0.25, 0.3) is 10.8 Å². The smallest absolute Gasteiger partial charge is 0.240 e. The topological polar surface area (TPSA) is 50.6 Å². The summed E-state index contributed by atoms with van der Waals surface area (Å²) >= 11 is 0. The Morgan fingerprint density at radius 1 is 0.880 bits per heavy atom. The number of benzene rings is 3. The molecule has 0 saturated heterocycles. The second kappa shape index (κ2) is 7.35. The molecule has 0 aliphatic rings. The van der Waals surface area contributed by atoms with E-state index in [1.807, 2.05) is 74.8 Å². The lowest BCUT2D eigenvalue weighted by atomic mass is 10.1. The standard InChI is InChI=1S/C20H22N2O2S/c1-22(2)20(17-9-4-3-5-10-17)15-21-25(23,24)19-13-12-16-8-6-7-11-18(16)14-19/h3-14,20-21H,15H2,1-2H3/p+1. The van der Waals surface area contributed by atoms with Crippen LogP contribution >= 0.6 is 0 Å². The molecule has 0 aliphatic heterocycles. The van der Waals surface area contributed by atoms with Crippen LogP contribution in [0, 0.1) is 0 Å².